The molecule has 2 aliphatic rings. The molecule has 0 unspecified atom stereocenters. The first-order chi connectivity index (χ1) is 8.27. The number of aromatic nitrogens is 3. The monoisotopic (exact) mass is 225 g/mol. The normalized spacial score (nSPS) is 10.8. The average molecular weight is 225 g/mol. The molecule has 2 heterocycles. The van der Waals surface area contributed by atoms with Crippen LogP contribution < -0.4 is 0 Å². The van der Waals surface area contributed by atoms with Crippen LogP contribution >= 0.6 is 0 Å². The molecule has 5 heteroatoms. The van der Waals surface area contributed by atoms with Crippen molar-refractivity contribution in [2.45, 2.75) is 0 Å². The average Bonchev–Trinajstić information content (AvgIpc) is 2.66. The van der Waals surface area contributed by atoms with Crippen LogP contribution in [0.25, 0.3) is 22.2 Å². The fraction of sp³-hybridized carbons (Fsp3) is 0. The van der Waals surface area contributed by atoms with Gasteiger partial charge >= 0.3 is 5.97 Å². The van der Waals surface area contributed by atoms with Gasteiger partial charge < -0.3 is 5.11 Å². The van der Waals surface area contributed by atoms with Crippen LogP contribution in [0.3, 0.4) is 0 Å². The maximum atomic E-state index is 11.1. The van der Waals surface area contributed by atoms with Crippen molar-refractivity contribution in [2.75, 3.05) is 0 Å². The molecule has 1 aromatic rings. The molecule has 0 fully saturated rings. The topological polar surface area (TPSA) is 76.0 Å². The van der Waals surface area contributed by atoms with Crippen LogP contribution in [-0.4, -0.2) is 26.0 Å². The summed E-state index contributed by atoms with van der Waals surface area (Å²) < 4.78 is 0. The molecular formula is C12H7N3O2. The second-order valence-electron chi connectivity index (χ2n) is 3.59. The highest BCUT2D eigenvalue weighted by atomic mass is 16.4. The molecule has 82 valence electrons. The summed E-state index contributed by atoms with van der Waals surface area (Å²) in [7, 11) is 0. The molecule has 0 aromatic carbocycles. The first-order valence-electron chi connectivity index (χ1n) is 4.98. The van der Waals surface area contributed by atoms with E-state index in [1.165, 1.54) is 12.5 Å². The molecule has 0 spiro atoms. The van der Waals surface area contributed by atoms with E-state index in [1.54, 1.807) is 12.3 Å². The fourth-order valence-electron chi connectivity index (χ4n) is 1.85. The third kappa shape index (κ3) is 1.40. The second kappa shape index (κ2) is 3.48. The van der Waals surface area contributed by atoms with E-state index in [9.17, 15) is 4.79 Å². The van der Waals surface area contributed by atoms with Crippen LogP contribution in [0.1, 0.15) is 10.4 Å². The molecule has 0 atom stereocenters. The summed E-state index contributed by atoms with van der Waals surface area (Å²) in [4.78, 5) is 23.3. The molecule has 0 saturated carbocycles. The van der Waals surface area contributed by atoms with Crippen molar-refractivity contribution in [1.82, 2.24) is 15.0 Å². The first kappa shape index (κ1) is 9.65. The number of carboxylic acids is 1. The molecule has 0 bridgehead atoms. The van der Waals surface area contributed by atoms with E-state index in [1.807, 2.05) is 12.1 Å². The van der Waals surface area contributed by atoms with Gasteiger partial charge in [0.1, 0.15) is 6.33 Å². The van der Waals surface area contributed by atoms with Gasteiger partial charge in [0.2, 0.25) is 0 Å². The van der Waals surface area contributed by atoms with Crippen molar-refractivity contribution in [1.29, 1.82) is 0 Å². The van der Waals surface area contributed by atoms with Crippen molar-refractivity contribution in [3.63, 3.8) is 0 Å². The van der Waals surface area contributed by atoms with Crippen molar-refractivity contribution < 1.29 is 9.90 Å². The van der Waals surface area contributed by atoms with E-state index in [0.29, 0.717) is 16.8 Å². The Morgan fingerprint density at radius 3 is 2.88 bits per heavy atom. The number of hydrogen-bond acceptors (Lipinski definition) is 4. The lowest BCUT2D eigenvalue weighted by Crippen LogP contribution is -1.96. The lowest BCUT2D eigenvalue weighted by Gasteiger charge is -1.98. The van der Waals surface area contributed by atoms with Crippen molar-refractivity contribution in [3.8, 4) is 11.3 Å². The zero-order valence-electron chi connectivity index (χ0n) is 8.66. The lowest BCUT2D eigenvalue weighted by molar-refractivity contribution is 0.0698. The highest BCUT2D eigenvalue weighted by molar-refractivity contribution is 6.04. The largest absolute Gasteiger partial charge is 0.478 e. The van der Waals surface area contributed by atoms with Gasteiger partial charge in [-0.2, -0.15) is 0 Å². The minimum Gasteiger partial charge on any atom is -0.478 e. The number of hydrogen-bond donors (Lipinski definition) is 1. The van der Waals surface area contributed by atoms with Crippen LogP contribution in [0.2, 0.25) is 0 Å². The molecule has 0 amide bonds. The highest BCUT2D eigenvalue weighted by Crippen LogP contribution is 2.30. The van der Waals surface area contributed by atoms with Gasteiger partial charge in [0.05, 0.1) is 16.8 Å². The quantitative estimate of drug-likeness (QED) is 0.683. The number of carboxylic acid groups (broad SMARTS) is 1. The Kier molecular flexibility index (Phi) is 1.98. The molecule has 1 N–H and O–H groups in total. The van der Waals surface area contributed by atoms with Gasteiger partial charge in [-0.15, -0.1) is 0 Å². The molecule has 3 rings (SSSR count). The third-order valence-electron chi connectivity index (χ3n) is 2.60. The van der Waals surface area contributed by atoms with Crippen LogP contribution in [-0.2, 0) is 0 Å². The SMILES string of the molecule is O=C(O)c1cnc2cccc3cncnc3c1-2. The van der Waals surface area contributed by atoms with Gasteiger partial charge in [0.25, 0.3) is 0 Å². The van der Waals surface area contributed by atoms with E-state index in [-0.39, 0.29) is 5.56 Å². The van der Waals surface area contributed by atoms with Gasteiger partial charge in [-0.3, -0.25) is 4.98 Å². The zero-order valence-corrected chi connectivity index (χ0v) is 8.66. The smallest absolute Gasteiger partial charge is 0.338 e. The molecule has 5 nitrogen and oxygen atoms in total. The standard InChI is InChI=1S/C12H7N3O2/c16-12(17)8-5-14-9-3-1-2-7-4-13-6-15-11(7)10(8)9/h1-6H,(H,16,17). The highest BCUT2D eigenvalue weighted by Gasteiger charge is 2.19. The summed E-state index contributed by atoms with van der Waals surface area (Å²) >= 11 is 0. The molecule has 1 aromatic heterocycles. The number of aromatic carboxylic acids is 1. The van der Waals surface area contributed by atoms with Crippen LogP contribution in [0.4, 0.5) is 0 Å². The number of nitrogens with zero attached hydrogens (tertiary/aromatic N) is 3. The van der Waals surface area contributed by atoms with Gasteiger partial charge in [-0.1, -0.05) is 12.1 Å². The third-order valence-corrected chi connectivity index (χ3v) is 2.60. The Balaban J connectivity index is 2.52. The molecule has 17 heavy (non-hydrogen) atoms. The van der Waals surface area contributed by atoms with Crippen molar-refractivity contribution >= 4 is 16.9 Å². The van der Waals surface area contributed by atoms with Crippen molar-refractivity contribution in [3.05, 3.63) is 42.5 Å². The summed E-state index contributed by atoms with van der Waals surface area (Å²) in [5.74, 6) is -1.00. The summed E-state index contributed by atoms with van der Waals surface area (Å²) in [6.07, 6.45) is 4.41. The summed E-state index contributed by atoms with van der Waals surface area (Å²) in [5, 5.41) is 9.92. The van der Waals surface area contributed by atoms with E-state index in [0.717, 1.165) is 5.39 Å². The van der Waals surface area contributed by atoms with E-state index in [4.69, 9.17) is 5.11 Å². The second-order valence-corrected chi connectivity index (χ2v) is 3.59. The number of rotatable bonds is 1. The van der Waals surface area contributed by atoms with E-state index < -0.39 is 5.97 Å². The number of carbonyl (C=O) groups is 1. The van der Waals surface area contributed by atoms with E-state index in [2.05, 4.69) is 15.0 Å². The van der Waals surface area contributed by atoms with Crippen LogP contribution in [0, 0.1) is 0 Å². The van der Waals surface area contributed by atoms with Crippen LogP contribution in [0.15, 0.2) is 36.9 Å². The predicted octanol–water partition coefficient (Wildman–Crippen LogP) is 1.83. The van der Waals surface area contributed by atoms with Gasteiger partial charge in [-0.05, 0) is 6.07 Å². The Morgan fingerprint density at radius 2 is 2.06 bits per heavy atom. The Hall–Kier alpha value is -2.56. The summed E-state index contributed by atoms with van der Waals surface area (Å²) in [5.41, 5.74) is 1.95. The molecule has 0 radical (unpaired) electrons. The molecule has 0 saturated heterocycles. The van der Waals surface area contributed by atoms with Gasteiger partial charge in [0.15, 0.2) is 0 Å². The maximum Gasteiger partial charge on any atom is 0.338 e. The Labute approximate surface area is 96.1 Å². The maximum absolute atomic E-state index is 11.1. The number of fused-ring (bicyclic) bond motifs is 3. The fourth-order valence-corrected chi connectivity index (χ4v) is 1.85. The minimum atomic E-state index is -1.00. The summed E-state index contributed by atoms with van der Waals surface area (Å²) in [6, 6.07) is 5.42. The van der Waals surface area contributed by atoms with Crippen molar-refractivity contribution in [2.24, 2.45) is 0 Å². The molecule has 1 aliphatic heterocycles. The minimum absolute atomic E-state index is 0.167. The van der Waals surface area contributed by atoms with Gasteiger partial charge in [-0.25, -0.2) is 14.8 Å². The first-order valence-corrected chi connectivity index (χ1v) is 4.98. The Bertz CT molecular complexity index is 696. The zero-order chi connectivity index (χ0) is 11.8. The molecular weight excluding hydrogens is 218 g/mol. The summed E-state index contributed by atoms with van der Waals surface area (Å²) in [6.45, 7) is 0. The lowest BCUT2D eigenvalue weighted by atomic mass is 10.1. The van der Waals surface area contributed by atoms with Gasteiger partial charge in [0, 0.05) is 23.3 Å². The van der Waals surface area contributed by atoms with Crippen LogP contribution in [0.5, 0.6) is 0 Å². The predicted molar refractivity (Wildman–Crippen MR) is 60.9 cm³/mol. The molecule has 1 aliphatic carbocycles. The van der Waals surface area contributed by atoms with E-state index >= 15 is 0 Å². The Morgan fingerprint density at radius 1 is 1.18 bits per heavy atom.